The van der Waals surface area contributed by atoms with Crippen molar-refractivity contribution < 1.29 is 32.9 Å². The maximum atomic E-state index is 15.0. The highest BCUT2D eigenvalue weighted by atomic mass is 19.1. The van der Waals surface area contributed by atoms with Gasteiger partial charge in [0.05, 0.1) is 11.1 Å². The second-order valence-corrected chi connectivity index (χ2v) is 9.08. The topological polar surface area (TPSA) is 71.1 Å². The normalized spacial score (nSPS) is 20.4. The smallest absolute Gasteiger partial charge is 0.338 e. The molecule has 6 nitrogen and oxygen atoms in total. The number of ether oxygens (including phenoxy) is 4. The molecule has 7 heteroatoms. The third-order valence-corrected chi connectivity index (χ3v) is 6.56. The van der Waals surface area contributed by atoms with Gasteiger partial charge in [-0.05, 0) is 46.5 Å². The molecule has 1 aliphatic rings. The molecule has 198 valence electrons. The van der Waals surface area contributed by atoms with Gasteiger partial charge >= 0.3 is 11.9 Å². The fraction of sp³-hybridized carbons (Fsp3) is 0.188. The summed E-state index contributed by atoms with van der Waals surface area (Å²) in [5, 5.41) is 0. The Kier molecular flexibility index (Phi) is 8.10. The van der Waals surface area contributed by atoms with Crippen LogP contribution < -0.4 is 0 Å². The van der Waals surface area contributed by atoms with Gasteiger partial charge in [-0.3, -0.25) is 0 Å². The first-order valence-corrected chi connectivity index (χ1v) is 12.5. The van der Waals surface area contributed by atoms with E-state index in [1.165, 1.54) is 7.11 Å². The van der Waals surface area contributed by atoms with Gasteiger partial charge in [0.25, 0.3) is 0 Å². The first kappa shape index (κ1) is 26.3. The van der Waals surface area contributed by atoms with Gasteiger partial charge in [-0.2, -0.15) is 0 Å². The molecule has 1 fully saturated rings. The molecule has 4 aromatic rings. The molecular formula is C32H27FO6. The van der Waals surface area contributed by atoms with E-state index in [1.54, 1.807) is 36.4 Å². The number of rotatable bonds is 8. The zero-order chi connectivity index (χ0) is 27.2. The first-order chi connectivity index (χ1) is 19.0. The summed E-state index contributed by atoms with van der Waals surface area (Å²) in [6.07, 6.45) is -5.36. The molecule has 0 aliphatic carbocycles. The number of methoxy groups -OCH3 is 1. The second-order valence-electron chi connectivity index (χ2n) is 9.08. The standard InChI is InChI=1S/C32H27FO6/c1-36-32-28(33)29(39-31(35)26-18-14-24(15-19-26)22-10-6-3-7-11-22)27(38-32)20-37-30(34)25-16-12-23(13-17-25)21-8-4-2-5-9-21/h2-19,27-29,32H,20H2,1H3/t27-,28+,29-,32?/m1/s1. The fourth-order valence-corrected chi connectivity index (χ4v) is 4.44. The lowest BCUT2D eigenvalue weighted by Crippen LogP contribution is -2.37. The van der Waals surface area contributed by atoms with Crippen molar-refractivity contribution in [2.75, 3.05) is 13.7 Å². The summed E-state index contributed by atoms with van der Waals surface area (Å²) in [6.45, 7) is -0.315. The van der Waals surface area contributed by atoms with Crippen LogP contribution in [0.4, 0.5) is 4.39 Å². The number of carbonyl (C=O) groups excluding carboxylic acids is 2. The Balaban J connectivity index is 1.22. The van der Waals surface area contributed by atoms with Crippen LogP contribution in [0, 0.1) is 0 Å². The summed E-state index contributed by atoms with van der Waals surface area (Å²) < 4.78 is 36.6. The molecule has 0 radical (unpaired) electrons. The molecule has 0 bridgehead atoms. The molecule has 39 heavy (non-hydrogen) atoms. The zero-order valence-corrected chi connectivity index (χ0v) is 21.2. The van der Waals surface area contributed by atoms with Crippen molar-refractivity contribution in [2.24, 2.45) is 0 Å². The van der Waals surface area contributed by atoms with Crippen LogP contribution in [-0.4, -0.2) is 50.3 Å². The Morgan fingerprint density at radius 1 is 0.692 bits per heavy atom. The maximum Gasteiger partial charge on any atom is 0.338 e. The number of alkyl halides is 1. The molecule has 4 atom stereocenters. The fourth-order valence-electron chi connectivity index (χ4n) is 4.44. The Hall–Kier alpha value is -4.33. The average molecular weight is 527 g/mol. The van der Waals surface area contributed by atoms with E-state index in [9.17, 15) is 9.59 Å². The minimum absolute atomic E-state index is 0.261. The predicted octanol–water partition coefficient (Wildman–Crippen LogP) is 6.11. The second kappa shape index (κ2) is 12.0. The molecular weight excluding hydrogens is 499 g/mol. The summed E-state index contributed by atoms with van der Waals surface area (Å²) in [5.41, 5.74) is 4.51. The third-order valence-electron chi connectivity index (χ3n) is 6.56. The molecule has 1 aliphatic heterocycles. The van der Waals surface area contributed by atoms with Crippen molar-refractivity contribution in [3.63, 3.8) is 0 Å². The largest absolute Gasteiger partial charge is 0.459 e. The average Bonchev–Trinajstić information content (AvgIpc) is 3.30. The molecule has 1 heterocycles. The van der Waals surface area contributed by atoms with Gasteiger partial charge in [0.15, 0.2) is 18.6 Å². The van der Waals surface area contributed by atoms with Crippen LogP contribution in [0.5, 0.6) is 0 Å². The molecule has 0 N–H and O–H groups in total. The van der Waals surface area contributed by atoms with Gasteiger partial charge in [0.1, 0.15) is 12.7 Å². The van der Waals surface area contributed by atoms with Crippen molar-refractivity contribution in [3.05, 3.63) is 120 Å². The SMILES string of the molecule is COC1O[C@H](COC(=O)c2ccc(-c3ccccc3)cc2)[C@@H](OC(=O)c2ccc(-c3ccccc3)cc2)[C@@H]1F. The van der Waals surface area contributed by atoms with Crippen LogP contribution in [0.3, 0.4) is 0 Å². The summed E-state index contributed by atoms with van der Waals surface area (Å²) >= 11 is 0. The Labute approximate surface area is 225 Å². The van der Waals surface area contributed by atoms with E-state index in [1.807, 2.05) is 72.8 Å². The van der Waals surface area contributed by atoms with Crippen molar-refractivity contribution in [1.82, 2.24) is 0 Å². The first-order valence-electron chi connectivity index (χ1n) is 12.5. The molecule has 4 aromatic carbocycles. The summed E-state index contributed by atoms with van der Waals surface area (Å²) in [4.78, 5) is 25.5. The Morgan fingerprint density at radius 3 is 1.64 bits per heavy atom. The number of benzene rings is 4. The predicted molar refractivity (Wildman–Crippen MR) is 144 cm³/mol. The van der Waals surface area contributed by atoms with E-state index in [2.05, 4.69) is 0 Å². The number of hydrogen-bond acceptors (Lipinski definition) is 6. The van der Waals surface area contributed by atoms with Crippen LogP contribution in [0.2, 0.25) is 0 Å². The lowest BCUT2D eigenvalue weighted by molar-refractivity contribution is -0.142. The Bertz CT molecular complexity index is 1390. The van der Waals surface area contributed by atoms with E-state index in [-0.39, 0.29) is 12.2 Å². The monoisotopic (exact) mass is 526 g/mol. The minimum atomic E-state index is -1.75. The van der Waals surface area contributed by atoms with Crippen molar-refractivity contribution in [2.45, 2.75) is 24.7 Å². The van der Waals surface area contributed by atoms with E-state index in [0.717, 1.165) is 22.3 Å². The number of halogens is 1. The van der Waals surface area contributed by atoms with Crippen LogP contribution in [0.15, 0.2) is 109 Å². The molecule has 0 amide bonds. The molecule has 1 unspecified atom stereocenters. The van der Waals surface area contributed by atoms with Gasteiger partial charge in [-0.15, -0.1) is 0 Å². The highest BCUT2D eigenvalue weighted by Crippen LogP contribution is 2.29. The van der Waals surface area contributed by atoms with Crippen LogP contribution in [0.1, 0.15) is 20.7 Å². The number of carbonyl (C=O) groups is 2. The molecule has 0 aromatic heterocycles. The zero-order valence-electron chi connectivity index (χ0n) is 21.2. The maximum absolute atomic E-state index is 15.0. The van der Waals surface area contributed by atoms with Gasteiger partial charge in [-0.25, -0.2) is 14.0 Å². The van der Waals surface area contributed by atoms with Crippen LogP contribution >= 0.6 is 0 Å². The highest BCUT2D eigenvalue weighted by molar-refractivity contribution is 5.91. The summed E-state index contributed by atoms with van der Waals surface area (Å²) in [6, 6.07) is 33.3. The van der Waals surface area contributed by atoms with E-state index >= 15 is 4.39 Å². The Morgan fingerprint density at radius 2 is 1.15 bits per heavy atom. The van der Waals surface area contributed by atoms with Crippen molar-refractivity contribution >= 4 is 11.9 Å². The molecule has 0 saturated carbocycles. The molecule has 1 saturated heterocycles. The van der Waals surface area contributed by atoms with E-state index in [4.69, 9.17) is 18.9 Å². The van der Waals surface area contributed by atoms with Crippen molar-refractivity contribution in [1.29, 1.82) is 0 Å². The number of hydrogen-bond donors (Lipinski definition) is 0. The van der Waals surface area contributed by atoms with Gasteiger partial charge in [0, 0.05) is 7.11 Å². The molecule has 5 rings (SSSR count). The van der Waals surface area contributed by atoms with Crippen LogP contribution in [0.25, 0.3) is 22.3 Å². The summed E-state index contributed by atoms with van der Waals surface area (Å²) in [7, 11) is 1.29. The third kappa shape index (κ3) is 6.06. The van der Waals surface area contributed by atoms with Gasteiger partial charge in [-0.1, -0.05) is 84.9 Å². The van der Waals surface area contributed by atoms with E-state index in [0.29, 0.717) is 5.56 Å². The summed E-state index contributed by atoms with van der Waals surface area (Å²) in [5.74, 6) is -1.31. The van der Waals surface area contributed by atoms with Crippen LogP contribution in [-0.2, 0) is 18.9 Å². The lowest BCUT2D eigenvalue weighted by Gasteiger charge is -2.19. The van der Waals surface area contributed by atoms with Crippen molar-refractivity contribution in [3.8, 4) is 22.3 Å². The number of esters is 2. The molecule has 0 spiro atoms. The van der Waals surface area contributed by atoms with Gasteiger partial charge in [0.2, 0.25) is 0 Å². The quantitative estimate of drug-likeness (QED) is 0.258. The highest BCUT2D eigenvalue weighted by Gasteiger charge is 2.48. The van der Waals surface area contributed by atoms with Gasteiger partial charge < -0.3 is 18.9 Å². The minimum Gasteiger partial charge on any atom is -0.459 e. The van der Waals surface area contributed by atoms with E-state index < -0.39 is 36.6 Å². The lowest BCUT2D eigenvalue weighted by atomic mass is 10.0.